The summed E-state index contributed by atoms with van der Waals surface area (Å²) >= 11 is 0. The monoisotopic (exact) mass is 286 g/mol. The molecule has 4 heteroatoms. The van der Waals surface area contributed by atoms with Gasteiger partial charge in [0.15, 0.2) is 0 Å². The third kappa shape index (κ3) is 14.3. The van der Waals surface area contributed by atoms with Crippen molar-refractivity contribution in [1.82, 2.24) is 0 Å². The molecule has 0 amide bonds. The van der Waals surface area contributed by atoms with Gasteiger partial charge < -0.3 is 0 Å². The zero-order valence-corrected chi connectivity index (χ0v) is 14.9. The van der Waals surface area contributed by atoms with Crippen LogP contribution in [-0.4, -0.2) is 27.7 Å². The molecule has 0 bridgehead atoms. The van der Waals surface area contributed by atoms with Crippen LogP contribution < -0.4 is 0 Å². The fraction of sp³-hybridized carbons (Fsp3) is 0.667. The van der Waals surface area contributed by atoms with Gasteiger partial charge in [0.05, 0.1) is 11.5 Å². The highest BCUT2D eigenvalue weighted by atomic mass is 33.1. The maximum absolute atomic E-state index is 3.36. The molecular weight excluding hydrogens is 264 g/mol. The lowest BCUT2D eigenvalue weighted by Gasteiger charge is -2.03. The average molecular weight is 287 g/mol. The van der Waals surface area contributed by atoms with E-state index in [1.807, 2.05) is 21.6 Å². The number of hydrogen-bond donors (Lipinski definition) is 0. The van der Waals surface area contributed by atoms with E-state index < -0.39 is 16.1 Å². The van der Waals surface area contributed by atoms with E-state index in [-0.39, 0.29) is 0 Å². The third-order valence-electron chi connectivity index (χ3n) is 1.27. The van der Waals surface area contributed by atoms with Crippen molar-refractivity contribution in [1.29, 1.82) is 0 Å². The van der Waals surface area contributed by atoms with E-state index in [1.54, 1.807) is 0 Å². The van der Waals surface area contributed by atoms with Gasteiger partial charge in [-0.1, -0.05) is 72.7 Å². The van der Waals surface area contributed by atoms with Crippen LogP contribution in [0.2, 0.25) is 39.3 Å². The summed E-state index contributed by atoms with van der Waals surface area (Å²) in [6.07, 6.45) is 0. The smallest absolute Gasteiger partial charge is 0.129 e. The lowest BCUT2D eigenvalue weighted by atomic mass is 10.8. The Morgan fingerprint density at radius 2 is 1.00 bits per heavy atom. The molecule has 0 atom stereocenters. The fourth-order valence-electron chi connectivity index (χ4n) is 0.745. The first-order valence-corrected chi connectivity index (χ1v) is 14.9. The molecule has 0 heterocycles. The van der Waals surface area contributed by atoms with E-state index in [4.69, 9.17) is 0 Å². The second-order valence-corrected chi connectivity index (χ2v) is 17.6. The minimum absolute atomic E-state index is 0.934. The molecule has 0 aliphatic carbocycles. The molecule has 0 N–H and O–H groups in total. The molecule has 0 aliphatic heterocycles. The van der Waals surface area contributed by atoms with E-state index in [9.17, 15) is 0 Å². The average Bonchev–Trinajstić information content (AvgIpc) is 2.06. The summed E-state index contributed by atoms with van der Waals surface area (Å²) in [5, 5.41) is 0. The van der Waals surface area contributed by atoms with Gasteiger partial charge in [-0.3, -0.25) is 0 Å². The highest BCUT2D eigenvalue weighted by molar-refractivity contribution is 8.76. The first kappa shape index (κ1) is 16.3. The number of rotatable bonds is 3. The number of hydrogen-bond acceptors (Lipinski definition) is 2. The second-order valence-electron chi connectivity index (χ2n) is 5.63. The van der Waals surface area contributed by atoms with Crippen molar-refractivity contribution in [2.45, 2.75) is 39.3 Å². The van der Waals surface area contributed by atoms with Gasteiger partial charge in [0, 0.05) is 0 Å². The molecule has 0 rings (SSSR count). The topological polar surface area (TPSA) is 0 Å². The maximum atomic E-state index is 3.36. The molecule has 0 aromatic heterocycles. The van der Waals surface area contributed by atoms with Crippen molar-refractivity contribution in [3.63, 3.8) is 0 Å². The predicted molar refractivity (Wildman–Crippen MR) is 87.2 cm³/mol. The second kappa shape index (κ2) is 7.55. The van der Waals surface area contributed by atoms with E-state index in [1.165, 1.54) is 0 Å². The summed E-state index contributed by atoms with van der Waals surface area (Å²) in [6.45, 7) is 13.7. The Hall–Kier alpha value is 0.254. The lowest BCUT2D eigenvalue weighted by molar-refractivity contribution is 1.80. The SMILES string of the molecule is C[Si](C)(C)C#CCSSCC#C[Si](C)(C)C. The molecule has 0 saturated heterocycles. The van der Waals surface area contributed by atoms with Gasteiger partial charge in [0.2, 0.25) is 0 Å². The van der Waals surface area contributed by atoms with Crippen LogP contribution in [0.3, 0.4) is 0 Å². The van der Waals surface area contributed by atoms with Crippen molar-refractivity contribution < 1.29 is 0 Å². The van der Waals surface area contributed by atoms with Crippen LogP contribution in [0.25, 0.3) is 0 Å². The summed E-state index contributed by atoms with van der Waals surface area (Å²) in [5.74, 6) is 8.36. The van der Waals surface area contributed by atoms with Gasteiger partial charge in [0.25, 0.3) is 0 Å². The normalized spacial score (nSPS) is 11.1. The largest absolute Gasteiger partial charge is 0.131 e. The van der Waals surface area contributed by atoms with Crippen molar-refractivity contribution in [3.8, 4) is 22.9 Å². The third-order valence-corrected chi connectivity index (χ3v) is 5.02. The standard InChI is InChI=1S/C12H22S2Si2/c1-15(2,3)11-7-9-13-14-10-8-12-16(4,5)6/h9-10H2,1-6H3. The van der Waals surface area contributed by atoms with Gasteiger partial charge in [-0.15, -0.1) is 11.1 Å². The van der Waals surface area contributed by atoms with Crippen molar-refractivity contribution in [2.75, 3.05) is 11.5 Å². The van der Waals surface area contributed by atoms with E-state index >= 15 is 0 Å². The van der Waals surface area contributed by atoms with Gasteiger partial charge >= 0.3 is 0 Å². The van der Waals surface area contributed by atoms with Crippen LogP contribution in [0.5, 0.6) is 0 Å². The van der Waals surface area contributed by atoms with Crippen LogP contribution >= 0.6 is 21.6 Å². The Labute approximate surface area is 111 Å². The van der Waals surface area contributed by atoms with Crippen molar-refractivity contribution >= 4 is 37.7 Å². The van der Waals surface area contributed by atoms with Gasteiger partial charge in [0.1, 0.15) is 16.1 Å². The van der Waals surface area contributed by atoms with Crippen LogP contribution in [0.1, 0.15) is 0 Å². The van der Waals surface area contributed by atoms with E-state index in [2.05, 4.69) is 62.2 Å². The Morgan fingerprint density at radius 1 is 0.688 bits per heavy atom. The Balaban J connectivity index is 3.61. The Bertz CT molecular complexity index is 281. The molecule has 0 aromatic carbocycles. The van der Waals surface area contributed by atoms with Crippen LogP contribution in [0, 0.1) is 22.9 Å². The van der Waals surface area contributed by atoms with Crippen molar-refractivity contribution in [2.24, 2.45) is 0 Å². The van der Waals surface area contributed by atoms with Crippen LogP contribution in [0.15, 0.2) is 0 Å². The fourth-order valence-corrected chi connectivity index (χ4v) is 3.52. The molecule has 0 aromatic rings. The molecule has 0 nitrogen and oxygen atoms in total. The Morgan fingerprint density at radius 3 is 1.25 bits per heavy atom. The molecule has 0 unspecified atom stereocenters. The molecule has 90 valence electrons. The van der Waals surface area contributed by atoms with E-state index in [0.717, 1.165) is 11.5 Å². The summed E-state index contributed by atoms with van der Waals surface area (Å²) in [6, 6.07) is 0. The van der Waals surface area contributed by atoms with Gasteiger partial charge in [-0.2, -0.15) is 0 Å². The van der Waals surface area contributed by atoms with Crippen molar-refractivity contribution in [3.05, 3.63) is 0 Å². The molecule has 0 radical (unpaired) electrons. The zero-order chi connectivity index (χ0) is 12.7. The van der Waals surface area contributed by atoms with E-state index in [0.29, 0.717) is 0 Å². The minimum Gasteiger partial charge on any atom is -0.131 e. The summed E-state index contributed by atoms with van der Waals surface area (Å²) in [5.41, 5.74) is 6.73. The molecular formula is C12H22S2Si2. The van der Waals surface area contributed by atoms with Crippen LogP contribution in [-0.2, 0) is 0 Å². The first-order chi connectivity index (χ1) is 7.21. The minimum atomic E-state index is -1.16. The zero-order valence-electron chi connectivity index (χ0n) is 11.2. The molecule has 0 spiro atoms. The highest BCUT2D eigenvalue weighted by Gasteiger charge is 2.07. The van der Waals surface area contributed by atoms with Gasteiger partial charge in [-0.25, -0.2) is 0 Å². The molecule has 0 saturated carbocycles. The van der Waals surface area contributed by atoms with Crippen LogP contribution in [0.4, 0.5) is 0 Å². The molecule has 0 aliphatic rings. The quantitative estimate of drug-likeness (QED) is 0.331. The molecule has 16 heavy (non-hydrogen) atoms. The predicted octanol–water partition coefficient (Wildman–Crippen LogP) is 4.13. The maximum Gasteiger partial charge on any atom is 0.129 e. The lowest BCUT2D eigenvalue weighted by Crippen LogP contribution is -2.16. The molecule has 0 fully saturated rings. The summed E-state index contributed by atoms with van der Waals surface area (Å²) in [7, 11) is 1.32. The Kier molecular flexibility index (Phi) is 7.67. The highest BCUT2D eigenvalue weighted by Crippen LogP contribution is 2.19. The van der Waals surface area contributed by atoms with Gasteiger partial charge in [-0.05, 0) is 0 Å². The summed E-state index contributed by atoms with van der Waals surface area (Å²) < 4.78 is 0. The summed E-state index contributed by atoms with van der Waals surface area (Å²) in [4.78, 5) is 0. The first-order valence-electron chi connectivity index (χ1n) is 5.45.